The Balaban J connectivity index is 2.31. The largest absolute Gasteiger partial charge is 0.496 e. The maximum Gasteiger partial charge on any atom is 0.123 e. The van der Waals surface area contributed by atoms with Gasteiger partial charge in [0.15, 0.2) is 0 Å². The summed E-state index contributed by atoms with van der Waals surface area (Å²) in [5.74, 6) is 1.17. The molecular weight excluding hydrogens is 217 g/mol. The number of methoxy groups -OCH3 is 1. The third-order valence-electron chi connectivity index (χ3n) is 3.71. The van der Waals surface area contributed by atoms with E-state index in [0.29, 0.717) is 5.92 Å². The SMILES string of the molecule is CNC(c1cc(F)ccc1OC)C1CCCC1. The second kappa shape index (κ2) is 5.50. The van der Waals surface area contributed by atoms with E-state index in [1.54, 1.807) is 19.2 Å². The molecule has 1 aliphatic carbocycles. The fourth-order valence-electron chi connectivity index (χ4n) is 2.88. The first kappa shape index (κ1) is 12.4. The Bertz CT molecular complexity index is 374. The van der Waals surface area contributed by atoms with E-state index in [9.17, 15) is 4.39 Å². The smallest absolute Gasteiger partial charge is 0.123 e. The number of halogens is 1. The molecule has 0 bridgehead atoms. The summed E-state index contributed by atoms with van der Waals surface area (Å²) < 4.78 is 18.7. The zero-order chi connectivity index (χ0) is 12.3. The number of benzene rings is 1. The van der Waals surface area contributed by atoms with Gasteiger partial charge >= 0.3 is 0 Å². The van der Waals surface area contributed by atoms with E-state index >= 15 is 0 Å². The summed E-state index contributed by atoms with van der Waals surface area (Å²) >= 11 is 0. The van der Waals surface area contributed by atoms with Crippen molar-refractivity contribution in [2.75, 3.05) is 14.2 Å². The molecule has 1 aromatic rings. The summed E-state index contributed by atoms with van der Waals surface area (Å²) in [6.45, 7) is 0. The van der Waals surface area contributed by atoms with Gasteiger partial charge in [-0.25, -0.2) is 4.39 Å². The molecule has 0 spiro atoms. The Kier molecular flexibility index (Phi) is 4.00. The number of rotatable bonds is 4. The zero-order valence-corrected chi connectivity index (χ0v) is 10.5. The highest BCUT2D eigenvalue weighted by Crippen LogP contribution is 2.38. The van der Waals surface area contributed by atoms with Gasteiger partial charge in [-0.3, -0.25) is 0 Å². The fourth-order valence-corrected chi connectivity index (χ4v) is 2.88. The summed E-state index contributed by atoms with van der Waals surface area (Å²) in [5.41, 5.74) is 0.946. The summed E-state index contributed by atoms with van der Waals surface area (Å²) in [6.07, 6.45) is 4.98. The van der Waals surface area contributed by atoms with Gasteiger partial charge in [-0.2, -0.15) is 0 Å². The molecule has 2 nitrogen and oxygen atoms in total. The topological polar surface area (TPSA) is 21.3 Å². The van der Waals surface area contributed by atoms with Crippen molar-refractivity contribution in [1.29, 1.82) is 0 Å². The van der Waals surface area contributed by atoms with Crippen LogP contribution in [0.25, 0.3) is 0 Å². The Morgan fingerprint density at radius 2 is 2.06 bits per heavy atom. The molecule has 3 heteroatoms. The Morgan fingerprint density at radius 3 is 2.65 bits per heavy atom. The quantitative estimate of drug-likeness (QED) is 0.867. The monoisotopic (exact) mass is 237 g/mol. The highest BCUT2D eigenvalue weighted by molar-refractivity contribution is 5.37. The molecule has 1 fully saturated rings. The first-order chi connectivity index (χ1) is 8.26. The highest BCUT2D eigenvalue weighted by Gasteiger charge is 2.27. The average molecular weight is 237 g/mol. The number of hydrogen-bond donors (Lipinski definition) is 1. The van der Waals surface area contributed by atoms with Crippen LogP contribution in [-0.2, 0) is 0 Å². The van der Waals surface area contributed by atoms with Crippen molar-refractivity contribution in [3.63, 3.8) is 0 Å². The Hall–Kier alpha value is -1.09. The molecule has 2 rings (SSSR count). The van der Waals surface area contributed by atoms with Crippen LogP contribution in [0.3, 0.4) is 0 Å². The normalized spacial score (nSPS) is 18.3. The first-order valence-electron chi connectivity index (χ1n) is 6.27. The van der Waals surface area contributed by atoms with Gasteiger partial charge in [0.1, 0.15) is 11.6 Å². The minimum absolute atomic E-state index is 0.195. The fraction of sp³-hybridized carbons (Fsp3) is 0.571. The Labute approximate surface area is 102 Å². The van der Waals surface area contributed by atoms with Crippen molar-refractivity contribution in [3.8, 4) is 5.75 Å². The lowest BCUT2D eigenvalue weighted by molar-refractivity contribution is 0.357. The summed E-state index contributed by atoms with van der Waals surface area (Å²) in [7, 11) is 3.57. The van der Waals surface area contributed by atoms with Gasteiger partial charge in [0.25, 0.3) is 0 Å². The molecule has 0 heterocycles. The van der Waals surface area contributed by atoms with Crippen molar-refractivity contribution in [2.45, 2.75) is 31.7 Å². The summed E-state index contributed by atoms with van der Waals surface area (Å²) in [4.78, 5) is 0. The second-order valence-corrected chi connectivity index (χ2v) is 4.70. The lowest BCUT2D eigenvalue weighted by Gasteiger charge is -2.25. The maximum absolute atomic E-state index is 13.4. The van der Waals surface area contributed by atoms with Gasteiger partial charge in [0, 0.05) is 11.6 Å². The van der Waals surface area contributed by atoms with Gasteiger partial charge in [-0.1, -0.05) is 12.8 Å². The van der Waals surface area contributed by atoms with Crippen molar-refractivity contribution < 1.29 is 9.13 Å². The molecule has 1 unspecified atom stereocenters. The molecule has 0 amide bonds. The van der Waals surface area contributed by atoms with Gasteiger partial charge in [-0.15, -0.1) is 0 Å². The first-order valence-corrected chi connectivity index (χ1v) is 6.27. The summed E-state index contributed by atoms with van der Waals surface area (Å²) in [5, 5.41) is 3.32. The van der Waals surface area contributed by atoms with Crippen LogP contribution in [0.1, 0.15) is 37.3 Å². The van der Waals surface area contributed by atoms with Crippen LogP contribution in [0.5, 0.6) is 5.75 Å². The molecule has 0 saturated heterocycles. The third kappa shape index (κ3) is 2.60. The van der Waals surface area contributed by atoms with E-state index in [1.807, 2.05) is 7.05 Å². The van der Waals surface area contributed by atoms with E-state index in [2.05, 4.69) is 5.32 Å². The average Bonchev–Trinajstić information content (AvgIpc) is 2.84. The van der Waals surface area contributed by atoms with E-state index in [0.717, 1.165) is 11.3 Å². The molecule has 0 aromatic heterocycles. The predicted molar refractivity (Wildman–Crippen MR) is 66.7 cm³/mol. The van der Waals surface area contributed by atoms with Gasteiger partial charge in [-0.05, 0) is 44.0 Å². The molecule has 1 aliphatic rings. The van der Waals surface area contributed by atoms with Crippen LogP contribution < -0.4 is 10.1 Å². The lowest BCUT2D eigenvalue weighted by Crippen LogP contribution is -2.24. The molecule has 1 N–H and O–H groups in total. The number of hydrogen-bond acceptors (Lipinski definition) is 2. The minimum atomic E-state index is -0.195. The van der Waals surface area contributed by atoms with Gasteiger partial charge in [0.05, 0.1) is 7.11 Å². The van der Waals surface area contributed by atoms with Crippen molar-refractivity contribution in [3.05, 3.63) is 29.6 Å². The van der Waals surface area contributed by atoms with Crippen molar-refractivity contribution in [2.24, 2.45) is 5.92 Å². The highest BCUT2D eigenvalue weighted by atomic mass is 19.1. The van der Waals surface area contributed by atoms with Crippen LogP contribution in [-0.4, -0.2) is 14.2 Å². The van der Waals surface area contributed by atoms with E-state index in [1.165, 1.54) is 31.7 Å². The molecular formula is C14H20FNO. The molecule has 1 aromatic carbocycles. The van der Waals surface area contributed by atoms with Crippen LogP contribution in [0.2, 0.25) is 0 Å². The molecule has 1 atom stereocenters. The van der Waals surface area contributed by atoms with Crippen LogP contribution in [0, 0.1) is 11.7 Å². The van der Waals surface area contributed by atoms with Crippen molar-refractivity contribution >= 4 is 0 Å². The second-order valence-electron chi connectivity index (χ2n) is 4.70. The van der Waals surface area contributed by atoms with Gasteiger partial charge in [0.2, 0.25) is 0 Å². The van der Waals surface area contributed by atoms with Crippen LogP contribution >= 0.6 is 0 Å². The molecule has 94 valence electrons. The Morgan fingerprint density at radius 1 is 1.35 bits per heavy atom. The standard InChI is InChI=1S/C14H20FNO/c1-16-14(10-5-3-4-6-10)12-9-11(15)7-8-13(12)17-2/h7-10,14,16H,3-6H2,1-2H3. The van der Waals surface area contributed by atoms with Gasteiger partial charge < -0.3 is 10.1 Å². The molecule has 0 aliphatic heterocycles. The predicted octanol–water partition coefficient (Wildman–Crippen LogP) is 3.29. The minimum Gasteiger partial charge on any atom is -0.496 e. The maximum atomic E-state index is 13.4. The number of ether oxygens (including phenoxy) is 1. The molecule has 1 saturated carbocycles. The van der Waals surface area contributed by atoms with E-state index in [4.69, 9.17) is 4.74 Å². The van der Waals surface area contributed by atoms with E-state index < -0.39 is 0 Å². The van der Waals surface area contributed by atoms with Crippen molar-refractivity contribution in [1.82, 2.24) is 5.32 Å². The molecule has 17 heavy (non-hydrogen) atoms. The van der Waals surface area contributed by atoms with Crippen LogP contribution in [0.4, 0.5) is 4.39 Å². The third-order valence-corrected chi connectivity index (χ3v) is 3.71. The lowest BCUT2D eigenvalue weighted by atomic mass is 9.91. The molecule has 0 radical (unpaired) electrons. The van der Waals surface area contributed by atoms with Crippen LogP contribution in [0.15, 0.2) is 18.2 Å². The number of nitrogens with one attached hydrogen (secondary N) is 1. The zero-order valence-electron chi connectivity index (χ0n) is 10.5. The summed E-state index contributed by atoms with van der Waals surface area (Å²) in [6, 6.07) is 4.95. The van der Waals surface area contributed by atoms with E-state index in [-0.39, 0.29) is 11.9 Å².